The molecule has 6 nitrogen and oxygen atoms in total. The van der Waals surface area contributed by atoms with Crippen LogP contribution in [-0.4, -0.2) is 35.0 Å². The summed E-state index contributed by atoms with van der Waals surface area (Å²) in [5.41, 5.74) is 5.41. The minimum Gasteiger partial charge on any atom is -0.478 e. The molecule has 2 heterocycles. The minimum absolute atomic E-state index is 0.222. The highest BCUT2D eigenvalue weighted by Crippen LogP contribution is 2.22. The number of carboxylic acids is 1. The Labute approximate surface area is 111 Å². The predicted molar refractivity (Wildman–Crippen MR) is 67.5 cm³/mol. The fraction of sp³-hybridized carbons (Fsp3) is 0.538. The van der Waals surface area contributed by atoms with Crippen LogP contribution in [0.4, 0.5) is 0 Å². The van der Waals surface area contributed by atoms with Gasteiger partial charge in [0.05, 0.1) is 12.8 Å². The van der Waals surface area contributed by atoms with E-state index in [0.717, 1.165) is 25.9 Å². The number of carbonyl (C=O) groups excluding carboxylic acids is 1. The summed E-state index contributed by atoms with van der Waals surface area (Å²) in [4.78, 5) is 24.0. The fourth-order valence-electron chi connectivity index (χ4n) is 2.49. The minimum atomic E-state index is -0.965. The van der Waals surface area contributed by atoms with Gasteiger partial charge in [0, 0.05) is 6.42 Å². The van der Waals surface area contributed by atoms with E-state index in [1.807, 2.05) is 0 Å². The van der Waals surface area contributed by atoms with Crippen molar-refractivity contribution in [2.45, 2.75) is 25.8 Å². The molecule has 6 heteroatoms. The van der Waals surface area contributed by atoms with E-state index in [0.29, 0.717) is 24.6 Å². The molecule has 0 spiro atoms. The Balaban J connectivity index is 1.87. The van der Waals surface area contributed by atoms with E-state index in [-0.39, 0.29) is 11.5 Å². The van der Waals surface area contributed by atoms with Crippen molar-refractivity contribution in [3.63, 3.8) is 0 Å². The van der Waals surface area contributed by atoms with Crippen LogP contribution < -0.4 is 5.73 Å². The SMILES string of the molecule is NC(=O)CC1CCN(Cc2occc2C(=O)O)CC1. The third-order valence-corrected chi connectivity index (χ3v) is 3.54. The van der Waals surface area contributed by atoms with E-state index >= 15 is 0 Å². The number of nitrogens with zero attached hydrogens (tertiary/aromatic N) is 1. The summed E-state index contributed by atoms with van der Waals surface area (Å²) in [5.74, 6) is -0.379. The number of primary amides is 1. The average molecular weight is 266 g/mol. The molecule has 3 N–H and O–H groups in total. The highest BCUT2D eigenvalue weighted by molar-refractivity contribution is 5.88. The summed E-state index contributed by atoms with van der Waals surface area (Å²) in [6, 6.07) is 1.47. The van der Waals surface area contributed by atoms with E-state index in [2.05, 4.69) is 4.90 Å². The molecular formula is C13H18N2O4. The van der Waals surface area contributed by atoms with Crippen LogP contribution in [-0.2, 0) is 11.3 Å². The van der Waals surface area contributed by atoms with Crippen LogP contribution in [0.5, 0.6) is 0 Å². The Kier molecular flexibility index (Phi) is 4.21. The number of hydrogen-bond acceptors (Lipinski definition) is 4. The maximum absolute atomic E-state index is 11.0. The van der Waals surface area contributed by atoms with Gasteiger partial charge in [0.1, 0.15) is 11.3 Å². The summed E-state index contributed by atoms with van der Waals surface area (Å²) in [7, 11) is 0. The fourth-order valence-corrected chi connectivity index (χ4v) is 2.49. The van der Waals surface area contributed by atoms with Crippen molar-refractivity contribution in [1.82, 2.24) is 4.90 Å². The quantitative estimate of drug-likeness (QED) is 0.830. The van der Waals surface area contributed by atoms with Gasteiger partial charge in [-0.2, -0.15) is 0 Å². The molecule has 0 aromatic carbocycles. The Morgan fingerprint density at radius 2 is 2.11 bits per heavy atom. The topological polar surface area (TPSA) is 96.8 Å². The van der Waals surface area contributed by atoms with Crippen molar-refractivity contribution in [3.8, 4) is 0 Å². The number of aromatic carboxylic acids is 1. The molecule has 0 unspecified atom stereocenters. The first kappa shape index (κ1) is 13.6. The number of furan rings is 1. The first-order chi connectivity index (χ1) is 9.06. The molecule has 19 heavy (non-hydrogen) atoms. The largest absolute Gasteiger partial charge is 0.478 e. The molecule has 0 saturated carbocycles. The Morgan fingerprint density at radius 1 is 1.42 bits per heavy atom. The molecule has 0 atom stereocenters. The molecule has 1 saturated heterocycles. The van der Waals surface area contributed by atoms with Crippen LogP contribution in [0.15, 0.2) is 16.7 Å². The molecule has 104 valence electrons. The third-order valence-electron chi connectivity index (χ3n) is 3.54. The Hall–Kier alpha value is -1.82. The maximum Gasteiger partial charge on any atom is 0.339 e. The van der Waals surface area contributed by atoms with Gasteiger partial charge in [0.15, 0.2) is 0 Å². The normalized spacial score (nSPS) is 17.5. The molecule has 1 fully saturated rings. The second-order valence-corrected chi connectivity index (χ2v) is 4.95. The van der Waals surface area contributed by atoms with Crippen molar-refractivity contribution in [2.75, 3.05) is 13.1 Å². The highest BCUT2D eigenvalue weighted by atomic mass is 16.4. The molecule has 0 aliphatic carbocycles. The number of likely N-dealkylation sites (tertiary alicyclic amines) is 1. The van der Waals surface area contributed by atoms with E-state index in [1.54, 1.807) is 0 Å². The van der Waals surface area contributed by atoms with Crippen LogP contribution in [0, 0.1) is 5.92 Å². The first-order valence-corrected chi connectivity index (χ1v) is 6.36. The molecule has 1 amide bonds. The predicted octanol–water partition coefficient (Wildman–Crippen LogP) is 1.07. The zero-order chi connectivity index (χ0) is 13.8. The van der Waals surface area contributed by atoms with Gasteiger partial charge < -0.3 is 15.3 Å². The van der Waals surface area contributed by atoms with Gasteiger partial charge in [-0.3, -0.25) is 9.69 Å². The zero-order valence-electron chi connectivity index (χ0n) is 10.7. The Bertz CT molecular complexity index is 461. The van der Waals surface area contributed by atoms with E-state index in [9.17, 15) is 9.59 Å². The lowest BCUT2D eigenvalue weighted by atomic mass is 9.93. The Morgan fingerprint density at radius 3 is 2.68 bits per heavy atom. The van der Waals surface area contributed by atoms with Crippen LogP contribution in [0.25, 0.3) is 0 Å². The van der Waals surface area contributed by atoms with Gasteiger partial charge in [-0.25, -0.2) is 4.79 Å². The molecular weight excluding hydrogens is 248 g/mol. The van der Waals surface area contributed by atoms with Crippen molar-refractivity contribution in [2.24, 2.45) is 11.7 Å². The van der Waals surface area contributed by atoms with Gasteiger partial charge in [0.25, 0.3) is 0 Å². The van der Waals surface area contributed by atoms with Crippen LogP contribution >= 0.6 is 0 Å². The molecule has 2 rings (SSSR count). The highest BCUT2D eigenvalue weighted by Gasteiger charge is 2.23. The second kappa shape index (κ2) is 5.88. The lowest BCUT2D eigenvalue weighted by Gasteiger charge is -2.30. The summed E-state index contributed by atoms with van der Waals surface area (Å²) in [5, 5.41) is 9.00. The molecule has 1 aromatic heterocycles. The number of piperidine rings is 1. The molecule has 1 aromatic rings. The van der Waals surface area contributed by atoms with Crippen molar-refractivity contribution in [1.29, 1.82) is 0 Å². The monoisotopic (exact) mass is 266 g/mol. The zero-order valence-corrected chi connectivity index (χ0v) is 10.7. The standard InChI is InChI=1S/C13H18N2O4/c14-12(16)7-9-1-4-15(5-2-9)8-11-10(13(17)18)3-6-19-11/h3,6,9H,1-2,4-5,7-8H2,(H2,14,16)(H,17,18). The van der Waals surface area contributed by atoms with E-state index in [4.69, 9.17) is 15.3 Å². The van der Waals surface area contributed by atoms with E-state index in [1.165, 1.54) is 12.3 Å². The molecule has 0 radical (unpaired) electrons. The van der Waals surface area contributed by atoms with Crippen LogP contribution in [0.3, 0.4) is 0 Å². The van der Waals surface area contributed by atoms with Gasteiger partial charge in [-0.1, -0.05) is 0 Å². The summed E-state index contributed by atoms with van der Waals surface area (Å²) in [6.45, 7) is 2.16. The lowest BCUT2D eigenvalue weighted by molar-refractivity contribution is -0.119. The van der Waals surface area contributed by atoms with E-state index < -0.39 is 5.97 Å². The lowest BCUT2D eigenvalue weighted by Crippen LogP contribution is -2.34. The third kappa shape index (κ3) is 3.57. The molecule has 1 aliphatic heterocycles. The van der Waals surface area contributed by atoms with Crippen molar-refractivity contribution < 1.29 is 19.1 Å². The van der Waals surface area contributed by atoms with Gasteiger partial charge in [-0.15, -0.1) is 0 Å². The first-order valence-electron chi connectivity index (χ1n) is 6.36. The number of amides is 1. The van der Waals surface area contributed by atoms with Crippen LogP contribution in [0.2, 0.25) is 0 Å². The summed E-state index contributed by atoms with van der Waals surface area (Å²) in [6.07, 6.45) is 3.66. The van der Waals surface area contributed by atoms with Crippen molar-refractivity contribution in [3.05, 3.63) is 23.7 Å². The number of hydrogen-bond donors (Lipinski definition) is 2. The second-order valence-electron chi connectivity index (χ2n) is 4.95. The van der Waals surface area contributed by atoms with Crippen LogP contribution in [0.1, 0.15) is 35.4 Å². The number of carbonyl (C=O) groups is 2. The molecule has 1 aliphatic rings. The van der Waals surface area contributed by atoms with Gasteiger partial charge in [-0.05, 0) is 37.9 Å². The summed E-state index contributed by atoms with van der Waals surface area (Å²) >= 11 is 0. The smallest absolute Gasteiger partial charge is 0.339 e. The summed E-state index contributed by atoms with van der Waals surface area (Å²) < 4.78 is 5.22. The van der Waals surface area contributed by atoms with Gasteiger partial charge in [0.2, 0.25) is 5.91 Å². The average Bonchev–Trinajstić information content (AvgIpc) is 2.79. The molecule has 0 bridgehead atoms. The maximum atomic E-state index is 11.0. The number of carboxylic acid groups (broad SMARTS) is 1. The van der Waals surface area contributed by atoms with Gasteiger partial charge >= 0.3 is 5.97 Å². The number of nitrogens with two attached hydrogens (primary N) is 1. The number of rotatable bonds is 5. The van der Waals surface area contributed by atoms with Crippen molar-refractivity contribution >= 4 is 11.9 Å².